The number of primary amides is 1. The highest BCUT2D eigenvalue weighted by atomic mass is 32.1. The number of aryl methyl sites for hydroxylation is 1. The van der Waals surface area contributed by atoms with E-state index < -0.39 is 11.8 Å². The highest BCUT2D eigenvalue weighted by molar-refractivity contribution is 7.15. The molecule has 0 radical (unpaired) electrons. The van der Waals surface area contributed by atoms with Crippen molar-refractivity contribution in [2.75, 3.05) is 16.8 Å². The van der Waals surface area contributed by atoms with Crippen molar-refractivity contribution >= 4 is 39.7 Å². The van der Waals surface area contributed by atoms with E-state index in [9.17, 15) is 14.4 Å². The van der Waals surface area contributed by atoms with Gasteiger partial charge in [-0.25, -0.2) is 0 Å². The highest BCUT2D eigenvalue weighted by Gasteiger charge is 2.26. The summed E-state index contributed by atoms with van der Waals surface area (Å²) in [5.74, 6) is -1.38. The zero-order valence-electron chi connectivity index (χ0n) is 13.1. The molecule has 2 heterocycles. The normalized spacial score (nSPS) is 13.1. The summed E-state index contributed by atoms with van der Waals surface area (Å²) in [5.41, 5.74) is 7.12. The number of anilines is 2. The van der Waals surface area contributed by atoms with Gasteiger partial charge in [-0.2, -0.15) is 5.26 Å². The van der Waals surface area contributed by atoms with E-state index in [-0.39, 0.29) is 28.6 Å². The second-order valence-electron chi connectivity index (χ2n) is 5.49. The number of nitriles is 1. The Morgan fingerprint density at radius 1 is 1.32 bits per heavy atom. The minimum atomic E-state index is -0.785. The first-order valence-electron chi connectivity index (χ1n) is 7.50. The van der Waals surface area contributed by atoms with Gasteiger partial charge in [0.25, 0.3) is 5.91 Å². The van der Waals surface area contributed by atoms with Gasteiger partial charge in [0.2, 0.25) is 11.8 Å². The molecule has 0 aliphatic carbocycles. The van der Waals surface area contributed by atoms with Crippen molar-refractivity contribution in [3.8, 4) is 6.07 Å². The number of rotatable bonds is 4. The number of nitrogens with one attached hydrogen (secondary N) is 1. The van der Waals surface area contributed by atoms with Gasteiger partial charge in [-0.3, -0.25) is 14.4 Å². The lowest BCUT2D eigenvalue weighted by Gasteiger charge is -2.28. The maximum Gasteiger partial charge on any atom is 0.253 e. The van der Waals surface area contributed by atoms with Gasteiger partial charge in [-0.15, -0.1) is 11.3 Å². The standard InChI is InChI=1S/C17H14N4O3S/c18-7-11-9-25-17(15(11)16(19)24)20-13(22)8-21-12-4-2-1-3-10(12)5-6-14(21)23/h1-4,9H,5-6,8H2,(H2,19,24)(H,20,22). The first-order valence-corrected chi connectivity index (χ1v) is 8.38. The molecule has 0 spiro atoms. The third kappa shape index (κ3) is 3.22. The van der Waals surface area contributed by atoms with Crippen LogP contribution in [0.1, 0.15) is 27.9 Å². The van der Waals surface area contributed by atoms with Gasteiger partial charge in [-0.05, 0) is 18.1 Å². The summed E-state index contributed by atoms with van der Waals surface area (Å²) in [6, 6.07) is 9.29. The molecule has 0 fully saturated rings. The number of hydrogen-bond donors (Lipinski definition) is 2. The van der Waals surface area contributed by atoms with Crippen LogP contribution in [0.15, 0.2) is 29.6 Å². The van der Waals surface area contributed by atoms with Gasteiger partial charge >= 0.3 is 0 Å². The highest BCUT2D eigenvalue weighted by Crippen LogP contribution is 2.29. The molecule has 0 atom stereocenters. The van der Waals surface area contributed by atoms with Crippen molar-refractivity contribution < 1.29 is 14.4 Å². The number of carbonyl (C=O) groups is 3. The first kappa shape index (κ1) is 16.7. The summed E-state index contributed by atoms with van der Waals surface area (Å²) in [6.07, 6.45) is 0.990. The SMILES string of the molecule is N#Cc1csc(NC(=O)CN2C(=O)CCc3ccccc32)c1C(N)=O. The van der Waals surface area contributed by atoms with Crippen LogP contribution >= 0.6 is 11.3 Å². The molecule has 1 aromatic heterocycles. The van der Waals surface area contributed by atoms with Crippen molar-refractivity contribution in [1.82, 2.24) is 0 Å². The molecule has 3 rings (SSSR count). The Balaban J connectivity index is 1.80. The average molecular weight is 354 g/mol. The fourth-order valence-corrected chi connectivity index (χ4v) is 3.66. The Morgan fingerprint density at radius 3 is 2.80 bits per heavy atom. The first-order chi connectivity index (χ1) is 12.0. The van der Waals surface area contributed by atoms with Gasteiger partial charge in [0.05, 0.1) is 11.1 Å². The topological polar surface area (TPSA) is 116 Å². The molecule has 25 heavy (non-hydrogen) atoms. The molecule has 3 N–H and O–H groups in total. The molecule has 0 bridgehead atoms. The van der Waals surface area contributed by atoms with E-state index in [0.717, 1.165) is 16.9 Å². The van der Waals surface area contributed by atoms with Crippen LogP contribution in [0, 0.1) is 11.3 Å². The maximum atomic E-state index is 12.4. The number of nitrogens with two attached hydrogens (primary N) is 1. The van der Waals surface area contributed by atoms with Crippen LogP contribution in [0.5, 0.6) is 0 Å². The lowest BCUT2D eigenvalue weighted by Crippen LogP contribution is -2.40. The predicted molar refractivity (Wildman–Crippen MR) is 93.3 cm³/mol. The number of nitrogens with zero attached hydrogens (tertiary/aromatic N) is 2. The lowest BCUT2D eigenvalue weighted by molar-refractivity contribution is -0.121. The molecular formula is C17H14N4O3S. The van der Waals surface area contributed by atoms with Crippen LogP contribution in [0.3, 0.4) is 0 Å². The Bertz CT molecular complexity index is 913. The molecule has 8 heteroatoms. The van der Waals surface area contributed by atoms with E-state index in [1.54, 1.807) is 6.07 Å². The molecule has 1 aliphatic rings. The minimum Gasteiger partial charge on any atom is -0.365 e. The van der Waals surface area contributed by atoms with E-state index >= 15 is 0 Å². The molecule has 2 aromatic rings. The molecule has 0 saturated carbocycles. The Hall–Kier alpha value is -3.18. The van der Waals surface area contributed by atoms with Crippen LogP contribution in [-0.2, 0) is 16.0 Å². The van der Waals surface area contributed by atoms with Gasteiger partial charge in [0, 0.05) is 17.5 Å². The van der Waals surface area contributed by atoms with Gasteiger partial charge < -0.3 is 16.0 Å². The van der Waals surface area contributed by atoms with Gasteiger partial charge in [0.15, 0.2) is 0 Å². The van der Waals surface area contributed by atoms with Gasteiger partial charge in [-0.1, -0.05) is 18.2 Å². The average Bonchev–Trinajstić information content (AvgIpc) is 3.00. The van der Waals surface area contributed by atoms with Crippen molar-refractivity contribution in [3.63, 3.8) is 0 Å². The van der Waals surface area contributed by atoms with Gasteiger partial charge in [0.1, 0.15) is 17.6 Å². The largest absolute Gasteiger partial charge is 0.365 e. The molecule has 0 unspecified atom stereocenters. The summed E-state index contributed by atoms with van der Waals surface area (Å²) in [4.78, 5) is 37.5. The number of fused-ring (bicyclic) bond motifs is 1. The number of amides is 3. The van der Waals surface area contributed by atoms with Crippen LogP contribution in [0.2, 0.25) is 0 Å². The van der Waals surface area contributed by atoms with Crippen molar-refractivity contribution in [2.45, 2.75) is 12.8 Å². The van der Waals surface area contributed by atoms with Crippen molar-refractivity contribution in [2.24, 2.45) is 5.73 Å². The quantitative estimate of drug-likeness (QED) is 0.868. The molecule has 7 nitrogen and oxygen atoms in total. The monoisotopic (exact) mass is 354 g/mol. The summed E-state index contributed by atoms with van der Waals surface area (Å²) >= 11 is 1.05. The zero-order chi connectivity index (χ0) is 18.0. The summed E-state index contributed by atoms with van der Waals surface area (Å²) in [7, 11) is 0. The number of thiophene rings is 1. The van der Waals surface area contributed by atoms with Crippen LogP contribution < -0.4 is 16.0 Å². The molecule has 0 saturated heterocycles. The van der Waals surface area contributed by atoms with Crippen LogP contribution in [0.4, 0.5) is 10.7 Å². The number of benzene rings is 1. The fraction of sp³-hybridized carbons (Fsp3) is 0.176. The Labute approximate surface area is 147 Å². The second-order valence-corrected chi connectivity index (χ2v) is 6.37. The Kier molecular flexibility index (Phi) is 4.50. The maximum absolute atomic E-state index is 12.4. The summed E-state index contributed by atoms with van der Waals surface area (Å²) in [5, 5.41) is 13.3. The molecule has 1 aliphatic heterocycles. The van der Waals surface area contributed by atoms with E-state index in [1.165, 1.54) is 10.3 Å². The smallest absolute Gasteiger partial charge is 0.253 e. The fourth-order valence-electron chi connectivity index (χ4n) is 2.76. The van der Waals surface area contributed by atoms with E-state index in [2.05, 4.69) is 5.32 Å². The summed E-state index contributed by atoms with van der Waals surface area (Å²) in [6.45, 7) is -0.173. The molecule has 3 amide bonds. The van der Waals surface area contributed by atoms with Crippen molar-refractivity contribution in [1.29, 1.82) is 5.26 Å². The number of para-hydroxylation sites is 1. The van der Waals surface area contributed by atoms with Crippen molar-refractivity contribution in [3.05, 3.63) is 46.3 Å². The molecule has 126 valence electrons. The minimum absolute atomic E-state index is 0.00813. The lowest BCUT2D eigenvalue weighted by atomic mass is 10.0. The third-order valence-corrected chi connectivity index (χ3v) is 4.80. The number of carbonyl (C=O) groups excluding carboxylic acids is 3. The molecular weight excluding hydrogens is 340 g/mol. The van der Waals surface area contributed by atoms with E-state index in [1.807, 2.05) is 24.3 Å². The second kappa shape index (κ2) is 6.75. The Morgan fingerprint density at radius 2 is 2.08 bits per heavy atom. The third-order valence-electron chi connectivity index (χ3n) is 3.90. The van der Waals surface area contributed by atoms with Crippen LogP contribution in [0.25, 0.3) is 0 Å². The molecule has 1 aromatic carbocycles. The predicted octanol–water partition coefficient (Wildman–Crippen LogP) is 1.64. The summed E-state index contributed by atoms with van der Waals surface area (Å²) < 4.78 is 0. The number of hydrogen-bond acceptors (Lipinski definition) is 5. The van der Waals surface area contributed by atoms with Crippen LogP contribution in [-0.4, -0.2) is 24.3 Å². The van der Waals surface area contributed by atoms with E-state index in [4.69, 9.17) is 11.0 Å². The van der Waals surface area contributed by atoms with E-state index in [0.29, 0.717) is 18.5 Å². The zero-order valence-corrected chi connectivity index (χ0v) is 13.9.